The van der Waals surface area contributed by atoms with E-state index in [4.69, 9.17) is 23.7 Å². The van der Waals surface area contributed by atoms with Gasteiger partial charge in [-0.1, -0.05) is 109 Å². The SMILES string of the molecule is FC(F)(F)C(=Nc1ccccc1)O[C@@H]1O[C@H](COCc2ccccc2)[C@@H](OCc2ccccc2)[C@H]1OCc1ccccc1. The number of hydrogen-bond acceptors (Lipinski definition) is 6. The van der Waals surface area contributed by atoms with E-state index in [1.807, 2.05) is 91.0 Å². The van der Waals surface area contributed by atoms with E-state index in [0.717, 1.165) is 16.7 Å². The molecule has 0 radical (unpaired) electrons. The number of benzene rings is 4. The molecule has 1 fully saturated rings. The zero-order valence-corrected chi connectivity index (χ0v) is 23.3. The lowest BCUT2D eigenvalue weighted by Crippen LogP contribution is -2.41. The molecule has 224 valence electrons. The Kier molecular flexibility index (Phi) is 10.6. The molecule has 1 saturated heterocycles. The standard InChI is InChI=1S/C34H32F3NO5/c35-34(36,37)33(38-28-19-11-4-12-20-28)43-32-31(41-23-27-17-9-3-10-18-27)30(40-22-26-15-7-2-8-16-26)29(42-32)24-39-21-25-13-5-1-6-14-25/h1-20,29-32H,21-24H2/t29-,30-,31-,32+/m1/s1. The zero-order chi connectivity index (χ0) is 29.9. The number of rotatable bonds is 12. The van der Waals surface area contributed by atoms with Crippen LogP contribution in [0, 0.1) is 0 Å². The Bertz CT molecular complexity index is 1410. The van der Waals surface area contributed by atoms with Gasteiger partial charge in [0, 0.05) is 0 Å². The molecule has 0 aliphatic carbocycles. The van der Waals surface area contributed by atoms with E-state index in [1.165, 1.54) is 12.1 Å². The number of para-hydroxylation sites is 1. The van der Waals surface area contributed by atoms with E-state index in [0.29, 0.717) is 0 Å². The lowest BCUT2D eigenvalue weighted by atomic mass is 10.1. The van der Waals surface area contributed by atoms with Crippen LogP contribution in [0.15, 0.2) is 126 Å². The summed E-state index contributed by atoms with van der Waals surface area (Å²) in [6.07, 6.45) is -8.98. The number of aliphatic imine (C=N–C) groups is 1. The second-order valence-electron chi connectivity index (χ2n) is 9.93. The van der Waals surface area contributed by atoms with Gasteiger partial charge in [0.05, 0.1) is 32.1 Å². The average molecular weight is 592 g/mol. The van der Waals surface area contributed by atoms with Crippen molar-refractivity contribution in [1.82, 2.24) is 0 Å². The van der Waals surface area contributed by atoms with Crippen molar-refractivity contribution in [2.45, 2.75) is 50.6 Å². The van der Waals surface area contributed by atoms with Gasteiger partial charge in [-0.25, -0.2) is 4.99 Å². The topological polar surface area (TPSA) is 58.5 Å². The Balaban J connectivity index is 1.41. The van der Waals surface area contributed by atoms with Crippen LogP contribution < -0.4 is 0 Å². The lowest BCUT2D eigenvalue weighted by molar-refractivity contribution is -0.166. The van der Waals surface area contributed by atoms with E-state index in [9.17, 15) is 13.2 Å². The van der Waals surface area contributed by atoms with Gasteiger partial charge in [-0.2, -0.15) is 13.2 Å². The summed E-state index contributed by atoms with van der Waals surface area (Å²) in [7, 11) is 0. The van der Waals surface area contributed by atoms with Crippen LogP contribution in [0.3, 0.4) is 0 Å². The quantitative estimate of drug-likeness (QED) is 0.127. The second kappa shape index (κ2) is 14.9. The van der Waals surface area contributed by atoms with Crippen molar-refractivity contribution in [3.8, 4) is 0 Å². The third-order valence-electron chi connectivity index (χ3n) is 6.69. The molecule has 1 heterocycles. The third kappa shape index (κ3) is 8.98. The fourth-order valence-corrected chi connectivity index (χ4v) is 4.59. The maximum Gasteiger partial charge on any atom is 0.468 e. The predicted molar refractivity (Wildman–Crippen MR) is 155 cm³/mol. The van der Waals surface area contributed by atoms with Crippen LogP contribution in [0.2, 0.25) is 0 Å². The average Bonchev–Trinajstić information content (AvgIpc) is 3.35. The first-order chi connectivity index (χ1) is 21.0. The first-order valence-electron chi connectivity index (χ1n) is 13.9. The van der Waals surface area contributed by atoms with Gasteiger partial charge in [-0.3, -0.25) is 0 Å². The van der Waals surface area contributed by atoms with Crippen LogP contribution in [-0.2, 0) is 43.5 Å². The smallest absolute Gasteiger partial charge is 0.441 e. The molecule has 4 atom stereocenters. The normalized spacial score (nSPS) is 20.7. The molecule has 0 N–H and O–H groups in total. The van der Waals surface area contributed by atoms with Crippen LogP contribution in [0.1, 0.15) is 16.7 Å². The molecule has 5 rings (SSSR count). The summed E-state index contributed by atoms with van der Waals surface area (Å²) in [6, 6.07) is 36.1. The molecule has 0 bridgehead atoms. The molecule has 4 aromatic rings. The maximum absolute atomic E-state index is 14.2. The summed E-state index contributed by atoms with van der Waals surface area (Å²) in [5.41, 5.74) is 2.76. The van der Waals surface area contributed by atoms with Crippen LogP contribution >= 0.6 is 0 Å². The van der Waals surface area contributed by atoms with Crippen molar-refractivity contribution in [2.75, 3.05) is 6.61 Å². The number of nitrogens with zero attached hydrogens (tertiary/aromatic N) is 1. The van der Waals surface area contributed by atoms with Crippen LogP contribution in [0.4, 0.5) is 18.9 Å². The fourth-order valence-electron chi connectivity index (χ4n) is 4.59. The number of ether oxygens (including phenoxy) is 5. The van der Waals surface area contributed by atoms with Gasteiger partial charge >= 0.3 is 6.18 Å². The molecule has 1 aliphatic heterocycles. The van der Waals surface area contributed by atoms with E-state index in [2.05, 4.69) is 4.99 Å². The number of halogens is 3. The molecular formula is C34H32F3NO5. The highest BCUT2D eigenvalue weighted by atomic mass is 19.4. The number of alkyl halides is 3. The van der Waals surface area contributed by atoms with Crippen molar-refractivity contribution < 1.29 is 36.9 Å². The van der Waals surface area contributed by atoms with E-state index in [-0.39, 0.29) is 32.1 Å². The molecule has 4 aromatic carbocycles. The molecule has 9 heteroatoms. The minimum Gasteiger partial charge on any atom is -0.441 e. The molecular weight excluding hydrogens is 559 g/mol. The van der Waals surface area contributed by atoms with Crippen LogP contribution in [0.25, 0.3) is 0 Å². The minimum atomic E-state index is -4.88. The highest BCUT2D eigenvalue weighted by Gasteiger charge is 2.51. The van der Waals surface area contributed by atoms with Gasteiger partial charge in [-0.05, 0) is 28.8 Å². The van der Waals surface area contributed by atoms with Crippen molar-refractivity contribution in [3.05, 3.63) is 138 Å². The molecule has 0 spiro atoms. The Labute approximate surface area is 248 Å². The van der Waals surface area contributed by atoms with Crippen molar-refractivity contribution in [2.24, 2.45) is 4.99 Å². The summed E-state index contributed by atoms with van der Waals surface area (Å²) in [6.45, 7) is 0.619. The predicted octanol–water partition coefficient (Wildman–Crippen LogP) is 7.41. The van der Waals surface area contributed by atoms with Crippen molar-refractivity contribution >= 4 is 11.6 Å². The molecule has 43 heavy (non-hydrogen) atoms. The largest absolute Gasteiger partial charge is 0.468 e. The first kappa shape index (κ1) is 30.4. The van der Waals surface area contributed by atoms with Crippen molar-refractivity contribution in [1.29, 1.82) is 0 Å². The third-order valence-corrected chi connectivity index (χ3v) is 6.69. The van der Waals surface area contributed by atoms with Crippen LogP contribution in [0.5, 0.6) is 0 Å². The molecule has 0 amide bonds. The summed E-state index contributed by atoms with van der Waals surface area (Å²) >= 11 is 0. The van der Waals surface area contributed by atoms with Crippen LogP contribution in [-0.4, -0.2) is 43.3 Å². The molecule has 0 saturated carbocycles. The minimum absolute atomic E-state index is 0.0383. The van der Waals surface area contributed by atoms with Gasteiger partial charge in [0.25, 0.3) is 5.90 Å². The monoisotopic (exact) mass is 591 g/mol. The van der Waals surface area contributed by atoms with Gasteiger partial charge in [0.1, 0.15) is 18.3 Å². The second-order valence-corrected chi connectivity index (χ2v) is 9.93. The van der Waals surface area contributed by atoms with E-state index < -0.39 is 36.7 Å². The molecule has 6 nitrogen and oxygen atoms in total. The Hall–Kier alpha value is -4.02. The maximum atomic E-state index is 14.2. The van der Waals surface area contributed by atoms with Gasteiger partial charge in [0.15, 0.2) is 0 Å². The summed E-state index contributed by atoms with van der Waals surface area (Å²) < 4.78 is 72.6. The fraction of sp³-hybridized carbons (Fsp3) is 0.265. The van der Waals surface area contributed by atoms with Gasteiger partial charge in [-0.15, -0.1) is 0 Å². The lowest BCUT2D eigenvalue weighted by Gasteiger charge is -2.25. The van der Waals surface area contributed by atoms with Crippen molar-refractivity contribution in [3.63, 3.8) is 0 Å². The summed E-state index contributed by atoms with van der Waals surface area (Å²) in [5, 5.41) is 0. The Morgan fingerprint density at radius 1 is 0.628 bits per heavy atom. The van der Waals surface area contributed by atoms with Gasteiger partial charge < -0.3 is 23.7 Å². The zero-order valence-electron chi connectivity index (χ0n) is 23.3. The highest BCUT2D eigenvalue weighted by molar-refractivity contribution is 5.84. The molecule has 0 unspecified atom stereocenters. The van der Waals surface area contributed by atoms with E-state index in [1.54, 1.807) is 18.2 Å². The van der Waals surface area contributed by atoms with Gasteiger partial charge in [0.2, 0.25) is 6.29 Å². The molecule has 0 aromatic heterocycles. The summed E-state index contributed by atoms with van der Waals surface area (Å²) in [4.78, 5) is 3.75. The Morgan fingerprint density at radius 2 is 1.09 bits per heavy atom. The molecule has 1 aliphatic rings. The van der Waals surface area contributed by atoms with E-state index >= 15 is 0 Å². The number of hydrogen-bond donors (Lipinski definition) is 0. The highest BCUT2D eigenvalue weighted by Crippen LogP contribution is 2.33. The summed E-state index contributed by atoms with van der Waals surface area (Å²) in [5.74, 6) is -1.44. The first-order valence-corrected chi connectivity index (χ1v) is 13.9. The Morgan fingerprint density at radius 3 is 1.60 bits per heavy atom.